The quantitative estimate of drug-likeness (QED) is 0.468. The van der Waals surface area contributed by atoms with Crippen molar-refractivity contribution < 1.29 is 31.5 Å². The van der Waals surface area contributed by atoms with Crippen LogP contribution in [0.3, 0.4) is 0 Å². The molecule has 0 aromatic heterocycles. The molecule has 0 N–H and O–H groups in total. The van der Waals surface area contributed by atoms with E-state index in [4.69, 9.17) is 21.1 Å². The van der Waals surface area contributed by atoms with E-state index in [0.717, 1.165) is 25.2 Å². The third kappa shape index (κ3) is 5.54. The summed E-state index contributed by atoms with van der Waals surface area (Å²) in [7, 11) is -3.93. The fourth-order valence-electron chi connectivity index (χ4n) is 6.37. The van der Waals surface area contributed by atoms with Gasteiger partial charge in [-0.1, -0.05) is 11.6 Å². The van der Waals surface area contributed by atoms with Crippen molar-refractivity contribution in [1.82, 2.24) is 9.80 Å². The van der Waals surface area contributed by atoms with Crippen molar-refractivity contribution in [2.24, 2.45) is 5.92 Å². The van der Waals surface area contributed by atoms with E-state index < -0.39 is 50.8 Å². The number of sulfone groups is 1. The lowest BCUT2D eigenvalue weighted by Crippen LogP contribution is -2.56. The molecule has 7 nitrogen and oxygen atoms in total. The zero-order chi connectivity index (χ0) is 28.9. The van der Waals surface area contributed by atoms with E-state index in [9.17, 15) is 17.6 Å². The lowest BCUT2D eigenvalue weighted by atomic mass is 9.61. The Labute approximate surface area is 239 Å². The third-order valence-electron chi connectivity index (χ3n) is 8.60. The average molecular weight is 597 g/mol. The SMILES string of the molecule is CC(C)(C)N1CCN(C(=O)O[C@@H]2CC[C@@]3(CS(=O)(=O)c4ccc(Cl)cc4)c4c(F)ccc(F)c4OC[C@H]3C2)CC1. The van der Waals surface area contributed by atoms with Gasteiger partial charge in [-0.05, 0) is 76.4 Å². The predicted octanol–water partition coefficient (Wildman–Crippen LogP) is 5.44. The van der Waals surface area contributed by atoms with Crippen molar-refractivity contribution in [3.05, 3.63) is 58.6 Å². The first-order valence-electron chi connectivity index (χ1n) is 13.6. The highest BCUT2D eigenvalue weighted by Crippen LogP contribution is 2.53. The van der Waals surface area contributed by atoms with Crippen molar-refractivity contribution in [2.75, 3.05) is 38.5 Å². The fourth-order valence-corrected chi connectivity index (χ4v) is 8.42. The standard InChI is InChI=1S/C29H35ClF2N2O5S/c1-28(2,3)34-14-12-33(13-15-34)27(35)39-21-10-11-29(18-40(36,37)22-6-4-20(30)5-7-22)19(16-21)17-38-26-24(32)9-8-23(31)25(26)29/h4-9,19,21H,10-18H2,1-3H3/t19-,21-,29+/m1/s1. The molecule has 11 heteroatoms. The summed E-state index contributed by atoms with van der Waals surface area (Å²) in [5, 5.41) is 0.390. The average Bonchev–Trinajstić information content (AvgIpc) is 2.90. The first-order valence-corrected chi connectivity index (χ1v) is 15.6. The molecule has 1 aliphatic carbocycles. The smallest absolute Gasteiger partial charge is 0.410 e. The van der Waals surface area contributed by atoms with E-state index in [1.807, 2.05) is 0 Å². The van der Waals surface area contributed by atoms with Crippen LogP contribution in [0.2, 0.25) is 5.02 Å². The fraction of sp³-hybridized carbons (Fsp3) is 0.552. The molecule has 2 aliphatic heterocycles. The van der Waals surface area contributed by atoms with E-state index in [1.54, 1.807) is 4.90 Å². The number of fused-ring (bicyclic) bond motifs is 3. The number of piperazine rings is 1. The minimum Gasteiger partial charge on any atom is -0.490 e. The number of carbonyl (C=O) groups excluding carboxylic acids is 1. The largest absolute Gasteiger partial charge is 0.490 e. The molecule has 0 radical (unpaired) electrons. The van der Waals surface area contributed by atoms with Crippen LogP contribution >= 0.6 is 11.6 Å². The van der Waals surface area contributed by atoms with Crippen molar-refractivity contribution in [1.29, 1.82) is 0 Å². The van der Waals surface area contributed by atoms with Crippen molar-refractivity contribution in [3.8, 4) is 5.75 Å². The van der Waals surface area contributed by atoms with Gasteiger partial charge in [0.2, 0.25) is 0 Å². The molecule has 0 bridgehead atoms. The number of carbonyl (C=O) groups is 1. The summed E-state index contributed by atoms with van der Waals surface area (Å²) in [6.07, 6.45) is -0.119. The number of ether oxygens (including phenoxy) is 2. The van der Waals surface area contributed by atoms with Crippen molar-refractivity contribution >= 4 is 27.5 Å². The molecule has 3 atom stereocenters. The van der Waals surface area contributed by atoms with Gasteiger partial charge in [0.1, 0.15) is 11.9 Å². The van der Waals surface area contributed by atoms with Gasteiger partial charge in [0.05, 0.1) is 17.3 Å². The van der Waals surface area contributed by atoms with Crippen LogP contribution in [0.4, 0.5) is 13.6 Å². The molecular formula is C29H35ClF2N2O5S. The van der Waals surface area contributed by atoms with Gasteiger partial charge >= 0.3 is 6.09 Å². The number of amides is 1. The molecule has 40 heavy (non-hydrogen) atoms. The number of hydrogen-bond donors (Lipinski definition) is 0. The second-order valence-corrected chi connectivity index (χ2v) is 14.5. The maximum absolute atomic E-state index is 15.4. The normalized spacial score (nSPS) is 25.5. The van der Waals surface area contributed by atoms with Gasteiger partial charge in [0, 0.05) is 53.6 Å². The minimum absolute atomic E-state index is 0.0121. The van der Waals surface area contributed by atoms with E-state index in [0.29, 0.717) is 24.5 Å². The maximum Gasteiger partial charge on any atom is 0.410 e. The Balaban J connectivity index is 1.38. The lowest BCUT2D eigenvalue weighted by Gasteiger charge is -2.49. The molecule has 218 valence electrons. The second kappa shape index (κ2) is 10.8. The van der Waals surface area contributed by atoms with E-state index >= 15 is 4.39 Å². The van der Waals surface area contributed by atoms with Gasteiger partial charge in [-0.15, -0.1) is 0 Å². The van der Waals surface area contributed by atoms with E-state index in [2.05, 4.69) is 25.7 Å². The van der Waals surface area contributed by atoms with Crippen LogP contribution in [0, 0.1) is 17.6 Å². The van der Waals surface area contributed by atoms with Gasteiger partial charge in [-0.2, -0.15) is 0 Å². The Hall–Kier alpha value is -2.43. The summed E-state index contributed by atoms with van der Waals surface area (Å²) in [6.45, 7) is 9.00. The highest BCUT2D eigenvalue weighted by molar-refractivity contribution is 7.91. The first-order chi connectivity index (χ1) is 18.8. The minimum atomic E-state index is -3.93. The molecule has 0 spiro atoms. The molecule has 2 heterocycles. The van der Waals surface area contributed by atoms with Gasteiger partial charge in [0.25, 0.3) is 0 Å². The summed E-state index contributed by atoms with van der Waals surface area (Å²) < 4.78 is 69.1. The van der Waals surface area contributed by atoms with Crippen LogP contribution in [0.15, 0.2) is 41.3 Å². The third-order valence-corrected chi connectivity index (χ3v) is 10.7. The summed E-state index contributed by atoms with van der Waals surface area (Å²) in [6, 6.07) is 7.80. The van der Waals surface area contributed by atoms with Crippen LogP contribution in [-0.4, -0.2) is 74.5 Å². The monoisotopic (exact) mass is 596 g/mol. The number of nitrogens with zero attached hydrogens (tertiary/aromatic N) is 2. The number of rotatable bonds is 4. The Morgan fingerprint density at radius 2 is 1.73 bits per heavy atom. The molecule has 1 amide bonds. The Kier molecular flexibility index (Phi) is 7.82. The van der Waals surface area contributed by atoms with Gasteiger partial charge in [0.15, 0.2) is 21.4 Å². The molecule has 5 rings (SSSR count). The summed E-state index contributed by atoms with van der Waals surface area (Å²) >= 11 is 5.96. The van der Waals surface area contributed by atoms with Gasteiger partial charge < -0.3 is 14.4 Å². The number of benzene rings is 2. The Morgan fingerprint density at radius 3 is 2.38 bits per heavy atom. The van der Waals surface area contributed by atoms with E-state index in [-0.39, 0.29) is 41.2 Å². The molecule has 2 aromatic rings. The molecule has 2 fully saturated rings. The second-order valence-electron chi connectivity index (χ2n) is 12.0. The van der Waals surface area contributed by atoms with Crippen molar-refractivity contribution in [3.63, 3.8) is 0 Å². The Morgan fingerprint density at radius 1 is 1.07 bits per heavy atom. The zero-order valence-corrected chi connectivity index (χ0v) is 24.5. The highest BCUT2D eigenvalue weighted by Gasteiger charge is 2.54. The topological polar surface area (TPSA) is 76.2 Å². The van der Waals surface area contributed by atoms with Crippen LogP contribution in [0.25, 0.3) is 0 Å². The lowest BCUT2D eigenvalue weighted by molar-refractivity contribution is -0.0156. The number of halogens is 3. The zero-order valence-electron chi connectivity index (χ0n) is 23.0. The van der Waals surface area contributed by atoms with E-state index in [1.165, 1.54) is 24.3 Å². The predicted molar refractivity (Wildman–Crippen MR) is 148 cm³/mol. The first kappa shape index (κ1) is 29.1. The summed E-state index contributed by atoms with van der Waals surface area (Å²) in [5.74, 6) is -2.63. The number of hydrogen-bond acceptors (Lipinski definition) is 6. The van der Waals surface area contributed by atoms with Crippen molar-refractivity contribution in [2.45, 2.75) is 62.0 Å². The molecule has 3 aliphatic rings. The highest BCUT2D eigenvalue weighted by atomic mass is 35.5. The van der Waals surface area contributed by atoms with Gasteiger partial charge in [-0.25, -0.2) is 22.0 Å². The molecule has 1 saturated carbocycles. The molecule has 2 aromatic carbocycles. The molecule has 0 unspecified atom stereocenters. The summed E-state index contributed by atoms with van der Waals surface area (Å²) in [4.78, 5) is 17.1. The van der Waals surface area contributed by atoms with Crippen LogP contribution in [-0.2, 0) is 20.0 Å². The Bertz CT molecular complexity index is 1370. The molecule has 1 saturated heterocycles. The van der Waals surface area contributed by atoms with Crippen LogP contribution < -0.4 is 4.74 Å². The maximum atomic E-state index is 15.4. The van der Waals surface area contributed by atoms with Crippen LogP contribution in [0.5, 0.6) is 5.75 Å². The van der Waals surface area contributed by atoms with Gasteiger partial charge in [-0.3, -0.25) is 4.90 Å². The van der Waals surface area contributed by atoms with Crippen LogP contribution in [0.1, 0.15) is 45.6 Å². The summed E-state index contributed by atoms with van der Waals surface area (Å²) in [5.41, 5.74) is -1.29. The molecular weight excluding hydrogens is 562 g/mol.